The predicted molar refractivity (Wildman–Crippen MR) is 151 cm³/mol. The normalized spacial score (nSPS) is 25.1. The van der Waals surface area contributed by atoms with Gasteiger partial charge in [0.05, 0.1) is 29.2 Å². The van der Waals surface area contributed by atoms with E-state index in [2.05, 4.69) is 66.3 Å². The second kappa shape index (κ2) is 9.78. The summed E-state index contributed by atoms with van der Waals surface area (Å²) in [5, 5.41) is 1.10. The molecule has 188 valence electrons. The number of hydrogen-bond donors (Lipinski definition) is 1. The van der Waals surface area contributed by atoms with Crippen molar-refractivity contribution >= 4 is 23.0 Å². The molecule has 2 N–H and O–H groups in total. The van der Waals surface area contributed by atoms with Crippen LogP contribution in [0, 0.1) is 11.8 Å². The fraction of sp³-hybridized carbons (Fsp3) is 0.323. The fourth-order valence-electron chi connectivity index (χ4n) is 5.92. The molecule has 2 aliphatic heterocycles. The zero-order chi connectivity index (χ0) is 25.4. The molecule has 3 heterocycles. The summed E-state index contributed by atoms with van der Waals surface area (Å²) in [6, 6.07) is 20.9. The molecule has 6 nitrogen and oxygen atoms in total. The van der Waals surface area contributed by atoms with Crippen molar-refractivity contribution in [2.24, 2.45) is 27.7 Å². The Morgan fingerprint density at radius 1 is 0.973 bits per heavy atom. The van der Waals surface area contributed by atoms with E-state index in [0.29, 0.717) is 5.92 Å². The van der Waals surface area contributed by atoms with Crippen molar-refractivity contribution in [3.8, 4) is 11.3 Å². The second-order valence-electron chi connectivity index (χ2n) is 10.6. The van der Waals surface area contributed by atoms with Crippen molar-refractivity contribution in [1.29, 1.82) is 0 Å². The van der Waals surface area contributed by atoms with Crippen LogP contribution >= 0.6 is 0 Å². The highest BCUT2D eigenvalue weighted by Crippen LogP contribution is 2.41. The van der Waals surface area contributed by atoms with Gasteiger partial charge >= 0.3 is 0 Å². The van der Waals surface area contributed by atoms with Gasteiger partial charge in [0.15, 0.2) is 0 Å². The molecule has 6 rings (SSSR count). The molecule has 0 bridgehead atoms. The van der Waals surface area contributed by atoms with Gasteiger partial charge in [-0.25, -0.2) is 4.98 Å². The molecule has 3 aromatic rings. The van der Waals surface area contributed by atoms with Gasteiger partial charge in [0, 0.05) is 23.4 Å². The van der Waals surface area contributed by atoms with Crippen LogP contribution < -0.4 is 5.84 Å². The zero-order valence-corrected chi connectivity index (χ0v) is 21.7. The van der Waals surface area contributed by atoms with E-state index in [0.717, 1.165) is 70.3 Å². The van der Waals surface area contributed by atoms with Crippen molar-refractivity contribution in [1.82, 2.24) is 9.88 Å². The molecule has 1 saturated carbocycles. The van der Waals surface area contributed by atoms with E-state index in [1.807, 2.05) is 30.6 Å². The summed E-state index contributed by atoms with van der Waals surface area (Å²) in [7, 11) is 2.22. The van der Waals surface area contributed by atoms with Gasteiger partial charge in [-0.3, -0.25) is 4.99 Å². The minimum Gasteiger partial charge on any atom is -0.306 e. The summed E-state index contributed by atoms with van der Waals surface area (Å²) in [5.74, 6) is 9.08. The Morgan fingerprint density at radius 2 is 1.76 bits per heavy atom. The van der Waals surface area contributed by atoms with Crippen LogP contribution in [0.5, 0.6) is 0 Å². The van der Waals surface area contributed by atoms with E-state index in [-0.39, 0.29) is 4.59 Å². The van der Waals surface area contributed by atoms with Crippen LogP contribution in [0.15, 0.2) is 94.4 Å². The minimum absolute atomic E-state index is 0.0707. The highest BCUT2D eigenvalue weighted by atomic mass is 15.6. The summed E-state index contributed by atoms with van der Waals surface area (Å²) in [4.78, 5) is 17.1. The van der Waals surface area contributed by atoms with Gasteiger partial charge in [-0.1, -0.05) is 49.4 Å². The molecule has 0 amide bonds. The number of benzene rings is 2. The third kappa shape index (κ3) is 4.46. The number of allylic oxidation sites excluding steroid dienone is 2. The monoisotopic (exact) mass is 491 g/mol. The third-order valence-electron chi connectivity index (χ3n) is 8.19. The predicted octanol–water partition coefficient (Wildman–Crippen LogP) is 5.88. The smallest absolute Gasteiger partial charge is 0.264 e. The van der Waals surface area contributed by atoms with Crippen LogP contribution in [-0.4, -0.2) is 46.7 Å². The van der Waals surface area contributed by atoms with E-state index in [1.165, 1.54) is 19.4 Å². The summed E-state index contributed by atoms with van der Waals surface area (Å²) >= 11 is 0. The number of nitrogens with two attached hydrogens (primary N) is 1. The Balaban J connectivity index is 1.33. The van der Waals surface area contributed by atoms with Gasteiger partial charge in [-0.05, 0) is 63.4 Å². The maximum Gasteiger partial charge on any atom is 0.264 e. The molecule has 0 spiro atoms. The van der Waals surface area contributed by atoms with Gasteiger partial charge in [-0.2, -0.15) is 10.8 Å². The van der Waals surface area contributed by atoms with E-state index in [1.54, 1.807) is 6.20 Å². The Kier molecular flexibility index (Phi) is 6.32. The first kappa shape index (κ1) is 23.9. The molecule has 37 heavy (non-hydrogen) atoms. The maximum absolute atomic E-state index is 7.06. The number of fused-ring (bicyclic) bond motifs is 2. The number of nitrogens with zero attached hydrogens (tertiary/aromatic N) is 5. The first-order chi connectivity index (χ1) is 18.0. The lowest BCUT2D eigenvalue weighted by Crippen LogP contribution is -2.53. The van der Waals surface area contributed by atoms with Crippen LogP contribution in [0.4, 0.5) is 0 Å². The number of pyridine rings is 1. The van der Waals surface area contributed by atoms with Crippen molar-refractivity contribution in [2.45, 2.75) is 32.6 Å². The molecule has 0 radical (unpaired) electrons. The number of hydrogen-bond acceptors (Lipinski definition) is 5. The number of quaternary nitrogens is 1. The van der Waals surface area contributed by atoms with E-state index < -0.39 is 0 Å². The molecule has 0 saturated heterocycles. The summed E-state index contributed by atoms with van der Waals surface area (Å²) < 4.78 is 0.0707. The van der Waals surface area contributed by atoms with Crippen LogP contribution in [0.25, 0.3) is 22.2 Å². The lowest BCUT2D eigenvalue weighted by molar-refractivity contribution is -0.750. The Bertz CT molecular complexity index is 1430. The van der Waals surface area contributed by atoms with Gasteiger partial charge in [0.2, 0.25) is 5.70 Å². The molecule has 1 unspecified atom stereocenters. The summed E-state index contributed by atoms with van der Waals surface area (Å²) in [6.45, 7) is 4.51. The van der Waals surface area contributed by atoms with E-state index in [4.69, 9.17) is 15.8 Å². The lowest BCUT2D eigenvalue weighted by Gasteiger charge is -2.31. The highest BCUT2D eigenvalue weighted by Gasteiger charge is 2.46. The van der Waals surface area contributed by atoms with E-state index >= 15 is 0 Å². The van der Waals surface area contributed by atoms with E-state index in [9.17, 15) is 0 Å². The van der Waals surface area contributed by atoms with Crippen LogP contribution in [0.1, 0.15) is 38.2 Å². The molecule has 2 aromatic carbocycles. The molecule has 1 aliphatic carbocycles. The van der Waals surface area contributed by atoms with Gasteiger partial charge in [0.25, 0.3) is 5.84 Å². The number of aromatic nitrogens is 1. The second-order valence-corrected chi connectivity index (χ2v) is 10.6. The quantitative estimate of drug-likeness (QED) is 0.346. The first-order valence-corrected chi connectivity index (χ1v) is 13.4. The highest BCUT2D eigenvalue weighted by molar-refractivity contribution is 6.02. The molecular weight excluding hydrogens is 456 g/mol. The number of rotatable bonds is 6. The summed E-state index contributed by atoms with van der Waals surface area (Å²) in [5.41, 5.74) is 6.12. The molecule has 6 heteroatoms. The van der Waals surface area contributed by atoms with Crippen molar-refractivity contribution in [2.75, 3.05) is 20.1 Å². The van der Waals surface area contributed by atoms with Crippen LogP contribution in [0.3, 0.4) is 0 Å². The molecule has 1 aromatic heterocycles. The van der Waals surface area contributed by atoms with Crippen molar-refractivity contribution < 1.29 is 4.59 Å². The Hall–Kier alpha value is -3.45. The van der Waals surface area contributed by atoms with Crippen molar-refractivity contribution in [3.63, 3.8) is 0 Å². The van der Waals surface area contributed by atoms with Gasteiger partial charge < -0.3 is 4.90 Å². The SMILES string of the molecule is CCN(C)CC1CCC(C2=C3C=NC=C[N+]3(N)C(c3ccc4ccc(-c5ccccc5)nc4c3)=N2)CC1. The minimum atomic E-state index is 0.0707. The molecule has 1 atom stereocenters. The maximum atomic E-state index is 7.06. The fourth-order valence-corrected chi connectivity index (χ4v) is 5.92. The first-order valence-electron chi connectivity index (χ1n) is 13.4. The largest absolute Gasteiger partial charge is 0.306 e. The lowest BCUT2D eigenvalue weighted by atomic mass is 9.80. The third-order valence-corrected chi connectivity index (χ3v) is 8.19. The zero-order valence-electron chi connectivity index (χ0n) is 21.7. The van der Waals surface area contributed by atoms with Crippen molar-refractivity contribution in [3.05, 3.63) is 90.0 Å². The molecule has 1 fully saturated rings. The average Bonchev–Trinajstić information content (AvgIpc) is 3.26. The van der Waals surface area contributed by atoms with Gasteiger partial charge in [-0.15, -0.1) is 4.59 Å². The standard InChI is InChI=1S/C31H35N6/c1-3-36(2)21-22-9-11-25(12-10-22)30-29-20-33-17-18-37(29,32)31(35-30)26-14-13-24-15-16-27(34-28(24)19-26)23-7-5-4-6-8-23/h4-8,13-20,22,25H,3,9-12,21,32H2,1-2H3/q+1. The topological polar surface area (TPSA) is 66.9 Å². The molecule has 3 aliphatic rings. The number of aliphatic imine (C=N–C) groups is 2. The Labute approximate surface area is 219 Å². The van der Waals surface area contributed by atoms with Gasteiger partial charge in [0.1, 0.15) is 11.9 Å². The molecular formula is C31H35N6+. The van der Waals surface area contributed by atoms with Crippen LogP contribution in [0.2, 0.25) is 0 Å². The number of amidine groups is 1. The average molecular weight is 492 g/mol. The summed E-state index contributed by atoms with van der Waals surface area (Å²) in [6.07, 6.45) is 10.4. The van der Waals surface area contributed by atoms with Crippen LogP contribution in [-0.2, 0) is 0 Å². The Morgan fingerprint density at radius 3 is 2.54 bits per heavy atom.